The zero-order valence-electron chi connectivity index (χ0n) is 11.0. The predicted octanol–water partition coefficient (Wildman–Crippen LogP) is 1.57. The van der Waals surface area contributed by atoms with Crippen LogP contribution >= 0.6 is 0 Å². The van der Waals surface area contributed by atoms with Gasteiger partial charge in [-0.2, -0.15) is 5.26 Å². The first kappa shape index (κ1) is 14.0. The van der Waals surface area contributed by atoms with Gasteiger partial charge in [0, 0.05) is 31.5 Å². The number of hydrogen-bond donors (Lipinski definition) is 1. The van der Waals surface area contributed by atoms with Crippen LogP contribution in [-0.4, -0.2) is 30.5 Å². The average Bonchev–Trinajstić information content (AvgIpc) is 2.38. The minimum atomic E-state index is -0.208. The molecule has 1 amide bonds. The molecule has 0 spiro atoms. The molecule has 96 valence electrons. The lowest BCUT2D eigenvalue weighted by Gasteiger charge is -2.28. The molecule has 5 heteroatoms. The molecule has 0 aliphatic carbocycles. The second kappa shape index (κ2) is 6.60. The van der Waals surface area contributed by atoms with Gasteiger partial charge in [0.2, 0.25) is 0 Å². The fourth-order valence-corrected chi connectivity index (χ4v) is 1.71. The number of nitrogens with zero attached hydrogens (tertiary/aromatic N) is 3. The van der Waals surface area contributed by atoms with Crippen molar-refractivity contribution < 1.29 is 4.79 Å². The third-order valence-corrected chi connectivity index (χ3v) is 2.62. The molecule has 0 unspecified atom stereocenters. The summed E-state index contributed by atoms with van der Waals surface area (Å²) in [6, 6.07) is 5.99. The topological polar surface area (TPSA) is 69.0 Å². The van der Waals surface area contributed by atoms with Crippen molar-refractivity contribution in [1.29, 1.82) is 5.26 Å². The molecule has 1 rings (SSSR count). The van der Waals surface area contributed by atoms with Gasteiger partial charge < -0.3 is 10.2 Å². The van der Waals surface area contributed by atoms with Gasteiger partial charge in [0.25, 0.3) is 5.91 Å². The molecule has 0 fully saturated rings. The van der Waals surface area contributed by atoms with Crippen molar-refractivity contribution in [3.63, 3.8) is 0 Å². The maximum absolute atomic E-state index is 11.5. The largest absolute Gasteiger partial charge is 0.368 e. The molecule has 1 N–H and O–H groups in total. The van der Waals surface area contributed by atoms with Gasteiger partial charge in [-0.05, 0) is 26.0 Å². The van der Waals surface area contributed by atoms with Crippen LogP contribution in [0.15, 0.2) is 18.3 Å². The predicted molar refractivity (Wildman–Crippen MR) is 70.3 cm³/mol. The number of carbonyl (C=O) groups is 1. The Bertz CT molecular complexity index is 451. The third-order valence-electron chi connectivity index (χ3n) is 2.62. The molecular formula is C13H18N4O. The summed E-state index contributed by atoms with van der Waals surface area (Å²) in [6.45, 7) is 4.75. The first-order valence-corrected chi connectivity index (χ1v) is 5.92. The van der Waals surface area contributed by atoms with Crippen LogP contribution in [0, 0.1) is 11.3 Å². The summed E-state index contributed by atoms with van der Waals surface area (Å²) in [7, 11) is 1.58. The van der Waals surface area contributed by atoms with E-state index in [2.05, 4.69) is 35.1 Å². The Hall–Kier alpha value is -2.09. The van der Waals surface area contributed by atoms with Crippen LogP contribution in [0.3, 0.4) is 0 Å². The second-order valence-corrected chi connectivity index (χ2v) is 4.17. The average molecular weight is 246 g/mol. The van der Waals surface area contributed by atoms with Crippen LogP contribution in [0.1, 0.15) is 30.8 Å². The number of carbonyl (C=O) groups excluding carboxylic acids is 1. The van der Waals surface area contributed by atoms with E-state index in [1.165, 1.54) is 0 Å². The fraction of sp³-hybridized carbons (Fsp3) is 0.462. The number of amides is 1. The molecule has 0 aliphatic heterocycles. The van der Waals surface area contributed by atoms with E-state index in [9.17, 15) is 4.79 Å². The van der Waals surface area contributed by atoms with Crippen molar-refractivity contribution in [3.05, 3.63) is 24.0 Å². The highest BCUT2D eigenvalue weighted by molar-refractivity contribution is 5.92. The van der Waals surface area contributed by atoms with Gasteiger partial charge in [-0.1, -0.05) is 0 Å². The van der Waals surface area contributed by atoms with E-state index in [1.54, 1.807) is 19.3 Å². The van der Waals surface area contributed by atoms with Gasteiger partial charge in [-0.15, -0.1) is 0 Å². The SMILES string of the molecule is CNC(=O)c1cc(N(CCC#N)C(C)C)ccn1. The molecule has 0 saturated carbocycles. The molecule has 0 saturated heterocycles. The van der Waals surface area contributed by atoms with Crippen molar-refractivity contribution in [2.75, 3.05) is 18.5 Å². The molecule has 0 atom stereocenters. The number of rotatable bonds is 5. The Morgan fingerprint density at radius 3 is 2.89 bits per heavy atom. The quantitative estimate of drug-likeness (QED) is 0.856. The molecule has 18 heavy (non-hydrogen) atoms. The number of hydrogen-bond acceptors (Lipinski definition) is 4. The van der Waals surface area contributed by atoms with Crippen LogP contribution in [0.25, 0.3) is 0 Å². The summed E-state index contributed by atoms with van der Waals surface area (Å²) in [5.74, 6) is -0.208. The number of pyridine rings is 1. The molecule has 1 aromatic heterocycles. The minimum Gasteiger partial charge on any atom is -0.368 e. The molecule has 0 bridgehead atoms. The summed E-state index contributed by atoms with van der Waals surface area (Å²) in [6.07, 6.45) is 2.07. The van der Waals surface area contributed by atoms with E-state index < -0.39 is 0 Å². The monoisotopic (exact) mass is 246 g/mol. The van der Waals surface area contributed by atoms with Gasteiger partial charge in [-0.25, -0.2) is 0 Å². The van der Waals surface area contributed by atoms with E-state index in [-0.39, 0.29) is 11.9 Å². The Morgan fingerprint density at radius 2 is 2.33 bits per heavy atom. The Kier molecular flexibility index (Phi) is 5.12. The lowest BCUT2D eigenvalue weighted by atomic mass is 10.2. The van der Waals surface area contributed by atoms with Crippen LogP contribution in [0.2, 0.25) is 0 Å². The lowest BCUT2D eigenvalue weighted by Crippen LogP contribution is -2.32. The maximum atomic E-state index is 11.5. The zero-order chi connectivity index (χ0) is 13.5. The second-order valence-electron chi connectivity index (χ2n) is 4.17. The van der Waals surface area contributed by atoms with Gasteiger partial charge in [0.1, 0.15) is 5.69 Å². The van der Waals surface area contributed by atoms with E-state index in [0.717, 1.165) is 5.69 Å². The van der Waals surface area contributed by atoms with Crippen LogP contribution in [0.4, 0.5) is 5.69 Å². The summed E-state index contributed by atoms with van der Waals surface area (Å²) < 4.78 is 0. The van der Waals surface area contributed by atoms with Crippen LogP contribution < -0.4 is 10.2 Å². The van der Waals surface area contributed by atoms with Gasteiger partial charge >= 0.3 is 0 Å². The molecule has 1 aromatic rings. The van der Waals surface area contributed by atoms with Crippen molar-refractivity contribution in [3.8, 4) is 6.07 Å². The van der Waals surface area contributed by atoms with E-state index in [0.29, 0.717) is 18.7 Å². The highest BCUT2D eigenvalue weighted by Gasteiger charge is 2.13. The maximum Gasteiger partial charge on any atom is 0.269 e. The Morgan fingerprint density at radius 1 is 1.61 bits per heavy atom. The molecule has 0 radical (unpaired) electrons. The van der Waals surface area contributed by atoms with Crippen LogP contribution in [0.5, 0.6) is 0 Å². The smallest absolute Gasteiger partial charge is 0.269 e. The first-order valence-electron chi connectivity index (χ1n) is 5.92. The highest BCUT2D eigenvalue weighted by atomic mass is 16.1. The summed E-state index contributed by atoms with van der Waals surface area (Å²) in [5, 5.41) is 11.2. The molecule has 1 heterocycles. The Balaban J connectivity index is 2.98. The van der Waals surface area contributed by atoms with Gasteiger partial charge in [0.05, 0.1) is 12.5 Å². The first-order chi connectivity index (χ1) is 8.60. The standard InChI is InChI=1S/C13H18N4O/c1-10(2)17(8-4-6-14)11-5-7-16-12(9-11)13(18)15-3/h5,7,9-10H,4,8H2,1-3H3,(H,15,18). The number of nitriles is 1. The Labute approximate surface area is 107 Å². The lowest BCUT2D eigenvalue weighted by molar-refractivity contribution is 0.0958. The van der Waals surface area contributed by atoms with E-state index in [4.69, 9.17) is 5.26 Å². The van der Waals surface area contributed by atoms with Crippen molar-refractivity contribution in [2.45, 2.75) is 26.3 Å². The molecule has 0 aliphatic rings. The fourth-order valence-electron chi connectivity index (χ4n) is 1.71. The summed E-state index contributed by atoms with van der Waals surface area (Å²) in [5.41, 5.74) is 1.30. The van der Waals surface area contributed by atoms with E-state index >= 15 is 0 Å². The van der Waals surface area contributed by atoms with Gasteiger partial charge in [-0.3, -0.25) is 9.78 Å². The normalized spacial score (nSPS) is 9.94. The summed E-state index contributed by atoms with van der Waals surface area (Å²) in [4.78, 5) is 17.6. The number of anilines is 1. The van der Waals surface area contributed by atoms with Gasteiger partial charge in [0.15, 0.2) is 0 Å². The molecule has 0 aromatic carbocycles. The van der Waals surface area contributed by atoms with Crippen LogP contribution in [-0.2, 0) is 0 Å². The summed E-state index contributed by atoms with van der Waals surface area (Å²) >= 11 is 0. The van der Waals surface area contributed by atoms with E-state index in [1.807, 2.05) is 6.07 Å². The minimum absolute atomic E-state index is 0.208. The third kappa shape index (κ3) is 3.45. The zero-order valence-corrected chi connectivity index (χ0v) is 11.0. The van der Waals surface area contributed by atoms with Crippen molar-refractivity contribution in [2.24, 2.45) is 0 Å². The molecular weight excluding hydrogens is 228 g/mol. The number of aromatic nitrogens is 1. The van der Waals surface area contributed by atoms with Crippen molar-refractivity contribution in [1.82, 2.24) is 10.3 Å². The van der Waals surface area contributed by atoms with Crippen molar-refractivity contribution >= 4 is 11.6 Å². The highest BCUT2D eigenvalue weighted by Crippen LogP contribution is 2.17. The number of nitrogens with one attached hydrogen (secondary N) is 1. The molecule has 5 nitrogen and oxygen atoms in total.